The molecule has 0 aromatic rings. The van der Waals surface area contributed by atoms with Gasteiger partial charge in [-0.15, -0.1) is 0 Å². The van der Waals surface area contributed by atoms with Crippen LogP contribution in [0.2, 0.25) is 0 Å². The van der Waals surface area contributed by atoms with Crippen molar-refractivity contribution in [3.05, 3.63) is 11.6 Å². The van der Waals surface area contributed by atoms with Gasteiger partial charge in [0.25, 0.3) is 0 Å². The van der Waals surface area contributed by atoms with Crippen LogP contribution in [0.3, 0.4) is 0 Å². The smallest absolute Gasteiger partial charge is 0.0282 e. The summed E-state index contributed by atoms with van der Waals surface area (Å²) in [5.74, 6) is 0.814. The molecule has 1 saturated carbocycles. The third-order valence-electron chi connectivity index (χ3n) is 3.41. The molecule has 0 spiro atoms. The molecule has 0 heterocycles. The van der Waals surface area contributed by atoms with Crippen LogP contribution >= 0.6 is 0 Å². The van der Waals surface area contributed by atoms with Gasteiger partial charge >= 0.3 is 0 Å². The summed E-state index contributed by atoms with van der Waals surface area (Å²) in [4.78, 5) is 0. The van der Waals surface area contributed by atoms with Crippen molar-refractivity contribution >= 4 is 0 Å². The molecule has 1 heteroatoms. The van der Waals surface area contributed by atoms with Crippen LogP contribution in [0.15, 0.2) is 11.6 Å². The van der Waals surface area contributed by atoms with E-state index >= 15 is 0 Å². The highest BCUT2D eigenvalue weighted by molar-refractivity contribution is 5.16. The zero-order valence-electron chi connectivity index (χ0n) is 7.76. The van der Waals surface area contributed by atoms with E-state index in [1.165, 1.54) is 44.9 Å². The average Bonchev–Trinajstić information content (AvgIpc) is 2.77. The number of nitrogens with two attached hydrogens (primary N) is 1. The average molecular weight is 165 g/mol. The SMILES string of the molecule is NC(C1=CCCC1)C1CCCC1. The molecule has 2 rings (SSSR count). The Labute approximate surface area is 75.0 Å². The highest BCUT2D eigenvalue weighted by atomic mass is 14.7. The van der Waals surface area contributed by atoms with Crippen molar-refractivity contribution < 1.29 is 0 Å². The lowest BCUT2D eigenvalue weighted by molar-refractivity contribution is 0.468. The Morgan fingerprint density at radius 2 is 2.00 bits per heavy atom. The minimum atomic E-state index is 0.412. The Morgan fingerprint density at radius 1 is 1.25 bits per heavy atom. The molecule has 0 aromatic carbocycles. The lowest BCUT2D eigenvalue weighted by Crippen LogP contribution is -2.29. The summed E-state index contributed by atoms with van der Waals surface area (Å²) in [5, 5.41) is 0. The van der Waals surface area contributed by atoms with E-state index in [2.05, 4.69) is 6.08 Å². The van der Waals surface area contributed by atoms with Crippen LogP contribution in [-0.2, 0) is 0 Å². The minimum Gasteiger partial charge on any atom is -0.324 e. The van der Waals surface area contributed by atoms with Gasteiger partial charge in [-0.2, -0.15) is 0 Å². The van der Waals surface area contributed by atoms with Crippen molar-refractivity contribution in [1.82, 2.24) is 0 Å². The van der Waals surface area contributed by atoms with Gasteiger partial charge < -0.3 is 5.73 Å². The summed E-state index contributed by atoms with van der Waals surface area (Å²) in [6.07, 6.45) is 11.8. The van der Waals surface area contributed by atoms with E-state index in [1.807, 2.05) is 0 Å². The predicted octanol–water partition coefficient (Wildman–Crippen LogP) is 2.61. The molecule has 1 nitrogen and oxygen atoms in total. The highest BCUT2D eigenvalue weighted by Gasteiger charge is 2.25. The molecule has 2 N–H and O–H groups in total. The summed E-state index contributed by atoms with van der Waals surface area (Å²) in [7, 11) is 0. The number of hydrogen-bond donors (Lipinski definition) is 1. The van der Waals surface area contributed by atoms with Gasteiger partial charge in [-0.05, 0) is 38.0 Å². The lowest BCUT2D eigenvalue weighted by atomic mass is 9.92. The Balaban J connectivity index is 1.93. The molecule has 2 aliphatic carbocycles. The Bertz CT molecular complexity index is 177. The predicted molar refractivity (Wildman–Crippen MR) is 51.9 cm³/mol. The van der Waals surface area contributed by atoms with Crippen molar-refractivity contribution in [1.29, 1.82) is 0 Å². The van der Waals surface area contributed by atoms with Crippen LogP contribution in [0.25, 0.3) is 0 Å². The molecule has 68 valence electrons. The molecular formula is C11H19N. The Kier molecular flexibility index (Phi) is 2.50. The fourth-order valence-electron chi connectivity index (χ4n) is 2.62. The summed E-state index contributed by atoms with van der Waals surface area (Å²) in [5.41, 5.74) is 7.77. The van der Waals surface area contributed by atoms with Crippen LogP contribution in [-0.4, -0.2) is 6.04 Å². The molecular weight excluding hydrogens is 146 g/mol. The minimum absolute atomic E-state index is 0.412. The molecule has 1 fully saturated rings. The van der Waals surface area contributed by atoms with Gasteiger partial charge in [0.2, 0.25) is 0 Å². The summed E-state index contributed by atoms with van der Waals surface area (Å²) in [6.45, 7) is 0. The van der Waals surface area contributed by atoms with E-state index in [0.717, 1.165) is 5.92 Å². The molecule has 0 radical (unpaired) electrons. The van der Waals surface area contributed by atoms with Crippen LogP contribution < -0.4 is 5.73 Å². The molecule has 0 amide bonds. The van der Waals surface area contributed by atoms with Crippen molar-refractivity contribution in [2.75, 3.05) is 0 Å². The van der Waals surface area contributed by atoms with E-state index in [-0.39, 0.29) is 0 Å². The first-order chi connectivity index (χ1) is 5.88. The fraction of sp³-hybridized carbons (Fsp3) is 0.818. The van der Waals surface area contributed by atoms with Crippen molar-refractivity contribution in [2.45, 2.75) is 51.0 Å². The van der Waals surface area contributed by atoms with Crippen LogP contribution in [0.4, 0.5) is 0 Å². The first-order valence-electron chi connectivity index (χ1n) is 5.32. The van der Waals surface area contributed by atoms with Crippen molar-refractivity contribution in [3.63, 3.8) is 0 Å². The van der Waals surface area contributed by atoms with E-state index in [1.54, 1.807) is 5.57 Å². The van der Waals surface area contributed by atoms with Gasteiger partial charge in [-0.1, -0.05) is 24.5 Å². The van der Waals surface area contributed by atoms with E-state index in [9.17, 15) is 0 Å². The molecule has 12 heavy (non-hydrogen) atoms. The summed E-state index contributed by atoms with van der Waals surface area (Å²) >= 11 is 0. The Morgan fingerprint density at radius 3 is 2.58 bits per heavy atom. The molecule has 1 atom stereocenters. The van der Waals surface area contributed by atoms with Gasteiger partial charge in [0, 0.05) is 6.04 Å². The van der Waals surface area contributed by atoms with Gasteiger partial charge in [0.05, 0.1) is 0 Å². The number of rotatable bonds is 2. The molecule has 0 saturated heterocycles. The van der Waals surface area contributed by atoms with Gasteiger partial charge in [-0.3, -0.25) is 0 Å². The standard InChI is InChI=1S/C11H19N/c12-11(9-5-1-2-6-9)10-7-3-4-8-10/h5,10-11H,1-4,6-8,12H2. The second kappa shape index (κ2) is 3.61. The van der Waals surface area contributed by atoms with Gasteiger partial charge in [-0.25, -0.2) is 0 Å². The molecule has 0 aromatic heterocycles. The largest absolute Gasteiger partial charge is 0.324 e. The van der Waals surface area contributed by atoms with Crippen molar-refractivity contribution in [3.8, 4) is 0 Å². The first kappa shape index (κ1) is 8.31. The van der Waals surface area contributed by atoms with Gasteiger partial charge in [0.1, 0.15) is 0 Å². The lowest BCUT2D eigenvalue weighted by Gasteiger charge is -2.19. The second-order valence-corrected chi connectivity index (χ2v) is 4.24. The normalized spacial score (nSPS) is 27.6. The maximum Gasteiger partial charge on any atom is 0.0282 e. The van der Waals surface area contributed by atoms with Crippen LogP contribution in [0.1, 0.15) is 44.9 Å². The number of allylic oxidation sites excluding steroid dienone is 1. The summed E-state index contributed by atoms with van der Waals surface area (Å²) in [6, 6.07) is 0.412. The maximum absolute atomic E-state index is 6.22. The zero-order chi connectivity index (χ0) is 8.39. The fourth-order valence-corrected chi connectivity index (χ4v) is 2.62. The molecule has 0 aliphatic heterocycles. The van der Waals surface area contributed by atoms with E-state index < -0.39 is 0 Å². The maximum atomic E-state index is 6.22. The summed E-state index contributed by atoms with van der Waals surface area (Å²) < 4.78 is 0. The van der Waals surface area contributed by atoms with E-state index in [0.29, 0.717) is 6.04 Å². The Hall–Kier alpha value is -0.300. The highest BCUT2D eigenvalue weighted by Crippen LogP contribution is 2.32. The van der Waals surface area contributed by atoms with Crippen LogP contribution in [0.5, 0.6) is 0 Å². The molecule has 0 bridgehead atoms. The third-order valence-corrected chi connectivity index (χ3v) is 3.41. The first-order valence-corrected chi connectivity index (χ1v) is 5.32. The van der Waals surface area contributed by atoms with Crippen molar-refractivity contribution in [2.24, 2.45) is 11.7 Å². The van der Waals surface area contributed by atoms with Gasteiger partial charge in [0.15, 0.2) is 0 Å². The van der Waals surface area contributed by atoms with Crippen LogP contribution in [0, 0.1) is 5.92 Å². The third kappa shape index (κ3) is 1.56. The quantitative estimate of drug-likeness (QED) is 0.625. The number of hydrogen-bond acceptors (Lipinski definition) is 1. The topological polar surface area (TPSA) is 26.0 Å². The molecule has 1 unspecified atom stereocenters. The van der Waals surface area contributed by atoms with E-state index in [4.69, 9.17) is 5.73 Å². The monoisotopic (exact) mass is 165 g/mol. The second-order valence-electron chi connectivity index (χ2n) is 4.24. The molecule has 2 aliphatic rings. The zero-order valence-corrected chi connectivity index (χ0v) is 7.76.